The van der Waals surface area contributed by atoms with Crippen LogP contribution in [0.3, 0.4) is 0 Å². The first kappa shape index (κ1) is 28.9. The number of fused-ring (bicyclic) bond motifs is 3. The van der Waals surface area contributed by atoms with Crippen molar-refractivity contribution in [3.05, 3.63) is 130 Å². The van der Waals surface area contributed by atoms with E-state index in [1.54, 1.807) is 24.3 Å². The maximum absolute atomic E-state index is 14.3. The number of azide groups is 1. The number of hydrogen-bond acceptors (Lipinski definition) is 7. The van der Waals surface area contributed by atoms with E-state index >= 15 is 0 Å². The lowest BCUT2D eigenvalue weighted by molar-refractivity contribution is -0.129. The zero-order valence-corrected chi connectivity index (χ0v) is 24.2. The standard InChI is InChI=1S/C34H32N6O4/c1-22-34(21-24-9-2-7-14-30(24)37-40-35,36-32(44-22)23-15-17-25(18-16-23)43-20-8-19-41)33(42)39-38-31-28-12-5-3-10-26(28)27-11-4-6-13-29(27)31/h2-7,9-18,22,31,38,41H,8,19-21H2,1H3,(H,39,42)/t22-,34-/m0/s1. The maximum Gasteiger partial charge on any atom is 0.266 e. The molecular weight excluding hydrogens is 556 g/mol. The fourth-order valence-electron chi connectivity index (χ4n) is 5.80. The van der Waals surface area contributed by atoms with Gasteiger partial charge in [-0.05, 0) is 64.5 Å². The summed E-state index contributed by atoms with van der Waals surface area (Å²) in [4.78, 5) is 22.2. The van der Waals surface area contributed by atoms with Gasteiger partial charge in [0.05, 0.1) is 12.6 Å². The third kappa shape index (κ3) is 5.49. The number of hydrazine groups is 1. The summed E-state index contributed by atoms with van der Waals surface area (Å²) in [6, 6.07) is 30.4. The number of aliphatic imine (C=N–C) groups is 1. The van der Waals surface area contributed by atoms with E-state index in [1.807, 2.05) is 55.5 Å². The molecule has 0 unspecified atom stereocenters. The number of rotatable bonds is 11. The second-order valence-electron chi connectivity index (χ2n) is 10.8. The van der Waals surface area contributed by atoms with Gasteiger partial charge in [-0.25, -0.2) is 10.4 Å². The molecule has 1 heterocycles. The van der Waals surface area contributed by atoms with Gasteiger partial charge in [0.2, 0.25) is 5.90 Å². The second kappa shape index (κ2) is 12.6. The van der Waals surface area contributed by atoms with Crippen LogP contribution in [0.1, 0.15) is 41.6 Å². The van der Waals surface area contributed by atoms with Gasteiger partial charge in [0, 0.05) is 35.6 Å². The van der Waals surface area contributed by atoms with Crippen molar-refractivity contribution >= 4 is 17.5 Å². The number of nitrogens with one attached hydrogen (secondary N) is 2. The number of aliphatic hydroxyl groups is 1. The Hall–Kier alpha value is -5.15. The first-order valence-corrected chi connectivity index (χ1v) is 14.5. The maximum atomic E-state index is 14.3. The van der Waals surface area contributed by atoms with Gasteiger partial charge in [0.15, 0.2) is 5.54 Å². The molecule has 0 spiro atoms. The summed E-state index contributed by atoms with van der Waals surface area (Å²) in [6.45, 7) is 2.28. The molecule has 2 aliphatic rings. The number of benzene rings is 4. The number of aliphatic hydroxyl groups excluding tert-OH is 1. The highest BCUT2D eigenvalue weighted by molar-refractivity contribution is 6.01. The normalized spacial score (nSPS) is 18.4. The van der Waals surface area contributed by atoms with Crippen LogP contribution in [0.5, 0.6) is 5.75 Å². The molecule has 4 aromatic rings. The fraction of sp³-hybridized carbons (Fsp3) is 0.235. The minimum atomic E-state index is -1.38. The molecule has 44 heavy (non-hydrogen) atoms. The average Bonchev–Trinajstić information content (AvgIpc) is 3.56. The molecule has 0 bridgehead atoms. The third-order valence-corrected chi connectivity index (χ3v) is 8.10. The van der Waals surface area contributed by atoms with Crippen LogP contribution in [0.4, 0.5) is 5.69 Å². The zero-order valence-electron chi connectivity index (χ0n) is 24.2. The summed E-state index contributed by atoms with van der Waals surface area (Å²) < 4.78 is 11.9. The Balaban J connectivity index is 1.32. The number of carbonyl (C=O) groups is 1. The molecule has 1 aliphatic heterocycles. The van der Waals surface area contributed by atoms with Gasteiger partial charge in [-0.15, -0.1) is 0 Å². The van der Waals surface area contributed by atoms with Crippen LogP contribution in [0.15, 0.2) is 107 Å². The molecule has 1 aliphatic carbocycles. The first-order chi connectivity index (χ1) is 21.5. The topological polar surface area (TPSA) is 141 Å². The van der Waals surface area contributed by atoms with Gasteiger partial charge in [-0.3, -0.25) is 10.2 Å². The number of carbonyl (C=O) groups excluding carboxylic acids is 1. The Labute approximate surface area is 255 Å². The van der Waals surface area contributed by atoms with Crippen molar-refractivity contribution in [1.82, 2.24) is 10.9 Å². The van der Waals surface area contributed by atoms with Crippen LogP contribution in [-0.2, 0) is 16.0 Å². The molecular formula is C34H32N6O4. The van der Waals surface area contributed by atoms with Crippen molar-refractivity contribution in [2.75, 3.05) is 13.2 Å². The SMILES string of the molecule is C[C@@H]1OC(c2ccc(OCCCO)cc2)=N[C@]1(Cc1ccccc1N=[N+]=[N-])C(=O)NNC1c2ccccc2-c2ccccc21. The number of amides is 1. The van der Waals surface area contributed by atoms with E-state index in [9.17, 15) is 10.3 Å². The molecule has 222 valence electrons. The smallest absolute Gasteiger partial charge is 0.266 e. The Morgan fingerprint density at radius 2 is 1.66 bits per heavy atom. The van der Waals surface area contributed by atoms with E-state index < -0.39 is 11.6 Å². The first-order valence-electron chi connectivity index (χ1n) is 14.5. The van der Waals surface area contributed by atoms with Crippen molar-refractivity contribution in [2.24, 2.45) is 10.1 Å². The van der Waals surface area contributed by atoms with E-state index in [0.717, 1.165) is 22.3 Å². The Morgan fingerprint density at radius 3 is 2.34 bits per heavy atom. The molecule has 6 rings (SSSR count). The van der Waals surface area contributed by atoms with Crippen molar-refractivity contribution in [3.8, 4) is 16.9 Å². The van der Waals surface area contributed by atoms with Gasteiger partial charge in [0.25, 0.3) is 5.91 Å². The minimum absolute atomic E-state index is 0.0577. The van der Waals surface area contributed by atoms with E-state index in [0.29, 0.717) is 41.5 Å². The molecule has 0 aromatic heterocycles. The zero-order chi connectivity index (χ0) is 30.5. The van der Waals surface area contributed by atoms with Crippen LogP contribution in [0.2, 0.25) is 0 Å². The van der Waals surface area contributed by atoms with Gasteiger partial charge in [-0.1, -0.05) is 77.9 Å². The summed E-state index contributed by atoms with van der Waals surface area (Å²) in [5, 5.41) is 12.9. The summed E-state index contributed by atoms with van der Waals surface area (Å²) in [5.41, 5.74) is 20.2. The average molecular weight is 589 g/mol. The van der Waals surface area contributed by atoms with Crippen LogP contribution < -0.4 is 15.6 Å². The monoisotopic (exact) mass is 588 g/mol. The Morgan fingerprint density at radius 1 is 1.00 bits per heavy atom. The Bertz CT molecular complexity index is 1710. The van der Waals surface area contributed by atoms with E-state index in [1.165, 1.54) is 0 Å². The highest BCUT2D eigenvalue weighted by Crippen LogP contribution is 2.43. The van der Waals surface area contributed by atoms with Crippen LogP contribution in [0, 0.1) is 0 Å². The molecule has 4 aromatic carbocycles. The van der Waals surface area contributed by atoms with Gasteiger partial charge < -0.3 is 14.6 Å². The third-order valence-electron chi connectivity index (χ3n) is 8.10. The molecule has 1 amide bonds. The molecule has 0 fully saturated rings. The van der Waals surface area contributed by atoms with Crippen molar-refractivity contribution in [3.63, 3.8) is 0 Å². The lowest BCUT2D eigenvalue weighted by Crippen LogP contribution is -2.56. The largest absolute Gasteiger partial charge is 0.494 e. The number of ether oxygens (including phenoxy) is 2. The lowest BCUT2D eigenvalue weighted by atomic mass is 9.85. The molecule has 3 N–H and O–H groups in total. The lowest BCUT2D eigenvalue weighted by Gasteiger charge is -2.29. The molecule has 0 radical (unpaired) electrons. The van der Waals surface area contributed by atoms with Crippen molar-refractivity contribution in [2.45, 2.75) is 37.5 Å². The van der Waals surface area contributed by atoms with Crippen LogP contribution in [0.25, 0.3) is 21.6 Å². The summed E-state index contributed by atoms with van der Waals surface area (Å²) in [7, 11) is 0. The second-order valence-corrected chi connectivity index (χ2v) is 10.8. The summed E-state index contributed by atoms with van der Waals surface area (Å²) in [6.07, 6.45) is 0.0264. The van der Waals surface area contributed by atoms with Crippen molar-refractivity contribution < 1.29 is 19.4 Å². The van der Waals surface area contributed by atoms with Gasteiger partial charge in [-0.2, -0.15) is 0 Å². The number of nitrogens with zero attached hydrogens (tertiary/aromatic N) is 4. The van der Waals surface area contributed by atoms with E-state index in [2.05, 4.69) is 45.1 Å². The predicted octanol–water partition coefficient (Wildman–Crippen LogP) is 5.93. The number of hydrogen-bond donors (Lipinski definition) is 3. The highest BCUT2D eigenvalue weighted by atomic mass is 16.5. The molecule has 10 heteroatoms. The minimum Gasteiger partial charge on any atom is -0.494 e. The molecule has 2 atom stereocenters. The molecule has 10 nitrogen and oxygen atoms in total. The highest BCUT2D eigenvalue weighted by Gasteiger charge is 2.51. The van der Waals surface area contributed by atoms with Gasteiger partial charge >= 0.3 is 0 Å². The van der Waals surface area contributed by atoms with Crippen LogP contribution in [-0.4, -0.2) is 41.8 Å². The fourth-order valence-corrected chi connectivity index (χ4v) is 5.80. The summed E-state index contributed by atoms with van der Waals surface area (Å²) in [5.74, 6) is 0.608. The molecule has 0 saturated carbocycles. The van der Waals surface area contributed by atoms with E-state index in [-0.39, 0.29) is 25.0 Å². The van der Waals surface area contributed by atoms with Crippen LogP contribution >= 0.6 is 0 Å². The van der Waals surface area contributed by atoms with E-state index in [4.69, 9.17) is 19.6 Å². The predicted molar refractivity (Wildman–Crippen MR) is 167 cm³/mol. The molecule has 0 saturated heterocycles. The van der Waals surface area contributed by atoms with Gasteiger partial charge in [0.1, 0.15) is 11.9 Å². The summed E-state index contributed by atoms with van der Waals surface area (Å²) >= 11 is 0. The van der Waals surface area contributed by atoms with Crippen molar-refractivity contribution in [1.29, 1.82) is 0 Å². The quantitative estimate of drug-likeness (QED) is 0.0655. The Kier molecular flexibility index (Phi) is 8.29.